The summed E-state index contributed by atoms with van der Waals surface area (Å²) >= 11 is 0. The zero-order chi connectivity index (χ0) is 7.41. The number of ether oxygens (including phenoxy) is 1. The van der Waals surface area contributed by atoms with Crippen LogP contribution in [0.5, 0.6) is 0 Å². The van der Waals surface area contributed by atoms with Gasteiger partial charge < -0.3 is 4.74 Å². The standard InChI is InChI=1S/C8H12O2/c1-7-3-4-8(2,5-7)10-6(7)9/h3-5H2,1-2H3. The molecule has 0 aromatic heterocycles. The van der Waals surface area contributed by atoms with E-state index in [0.29, 0.717) is 0 Å². The van der Waals surface area contributed by atoms with Gasteiger partial charge in [0.2, 0.25) is 0 Å². The fourth-order valence-electron chi connectivity index (χ4n) is 2.15. The molecule has 1 aliphatic carbocycles. The van der Waals surface area contributed by atoms with Crippen LogP contribution in [0.25, 0.3) is 0 Å². The van der Waals surface area contributed by atoms with E-state index in [-0.39, 0.29) is 17.0 Å². The van der Waals surface area contributed by atoms with Gasteiger partial charge in [0.1, 0.15) is 5.60 Å². The smallest absolute Gasteiger partial charge is 0.312 e. The van der Waals surface area contributed by atoms with Crippen molar-refractivity contribution < 1.29 is 9.53 Å². The second-order valence-electron chi connectivity index (χ2n) is 4.08. The molecule has 1 aliphatic heterocycles. The Bertz CT molecular complexity index is 199. The van der Waals surface area contributed by atoms with Gasteiger partial charge in [-0.15, -0.1) is 0 Å². The maximum Gasteiger partial charge on any atom is 0.312 e. The molecular formula is C8H12O2. The lowest BCUT2D eigenvalue weighted by molar-refractivity contribution is -0.158. The Morgan fingerprint density at radius 2 is 2.10 bits per heavy atom. The van der Waals surface area contributed by atoms with Crippen molar-refractivity contribution in [2.45, 2.75) is 38.7 Å². The molecule has 56 valence electrons. The monoisotopic (exact) mass is 140 g/mol. The Kier molecular flexibility index (Phi) is 0.859. The van der Waals surface area contributed by atoms with Gasteiger partial charge in [0.15, 0.2) is 0 Å². The van der Waals surface area contributed by atoms with Crippen molar-refractivity contribution in [1.29, 1.82) is 0 Å². The van der Waals surface area contributed by atoms with E-state index < -0.39 is 0 Å². The van der Waals surface area contributed by atoms with Gasteiger partial charge in [-0.05, 0) is 26.7 Å². The van der Waals surface area contributed by atoms with E-state index >= 15 is 0 Å². The molecule has 0 spiro atoms. The Morgan fingerprint density at radius 1 is 1.40 bits per heavy atom. The van der Waals surface area contributed by atoms with Crippen molar-refractivity contribution in [2.24, 2.45) is 5.41 Å². The Hall–Kier alpha value is -0.530. The van der Waals surface area contributed by atoms with E-state index in [2.05, 4.69) is 0 Å². The van der Waals surface area contributed by atoms with E-state index in [1.165, 1.54) is 0 Å². The fourth-order valence-corrected chi connectivity index (χ4v) is 2.15. The molecule has 2 bridgehead atoms. The third-order valence-corrected chi connectivity index (χ3v) is 2.80. The number of carbonyl (C=O) groups excluding carboxylic acids is 1. The van der Waals surface area contributed by atoms with E-state index in [9.17, 15) is 4.79 Å². The van der Waals surface area contributed by atoms with E-state index in [4.69, 9.17) is 4.74 Å². The molecule has 0 aromatic carbocycles. The summed E-state index contributed by atoms with van der Waals surface area (Å²) in [5.41, 5.74) is -0.236. The SMILES string of the molecule is CC12CCC(C)(C1)C(=O)O2. The molecule has 2 rings (SSSR count). The summed E-state index contributed by atoms with van der Waals surface area (Å²) in [6, 6.07) is 0. The average molecular weight is 140 g/mol. The third kappa shape index (κ3) is 0.568. The van der Waals surface area contributed by atoms with Crippen LogP contribution in [0.4, 0.5) is 0 Å². The van der Waals surface area contributed by atoms with Crippen LogP contribution in [0, 0.1) is 5.41 Å². The van der Waals surface area contributed by atoms with Crippen LogP contribution in [0.2, 0.25) is 0 Å². The van der Waals surface area contributed by atoms with Crippen molar-refractivity contribution in [3.05, 3.63) is 0 Å². The zero-order valence-corrected chi connectivity index (χ0v) is 6.44. The fraction of sp³-hybridized carbons (Fsp3) is 0.875. The van der Waals surface area contributed by atoms with E-state index in [1.54, 1.807) is 0 Å². The normalized spacial score (nSPS) is 51.6. The Morgan fingerprint density at radius 3 is 2.30 bits per heavy atom. The van der Waals surface area contributed by atoms with Crippen LogP contribution >= 0.6 is 0 Å². The highest BCUT2D eigenvalue weighted by Gasteiger charge is 2.57. The summed E-state index contributed by atoms with van der Waals surface area (Å²) < 4.78 is 5.21. The van der Waals surface area contributed by atoms with Gasteiger partial charge in [-0.1, -0.05) is 0 Å². The van der Waals surface area contributed by atoms with Gasteiger partial charge in [-0.2, -0.15) is 0 Å². The molecule has 2 aliphatic rings. The molecule has 1 saturated heterocycles. The molecule has 1 heterocycles. The number of carbonyl (C=O) groups is 1. The first-order valence-corrected chi connectivity index (χ1v) is 3.78. The molecule has 0 aromatic rings. The first-order valence-electron chi connectivity index (χ1n) is 3.78. The Balaban J connectivity index is 2.36. The summed E-state index contributed by atoms with van der Waals surface area (Å²) in [5, 5.41) is 0. The maximum absolute atomic E-state index is 11.1. The maximum atomic E-state index is 11.1. The molecule has 2 nitrogen and oxygen atoms in total. The average Bonchev–Trinajstić information content (AvgIpc) is 2.17. The second-order valence-corrected chi connectivity index (χ2v) is 4.08. The highest BCUT2D eigenvalue weighted by atomic mass is 16.6. The van der Waals surface area contributed by atoms with Gasteiger partial charge in [-0.25, -0.2) is 0 Å². The van der Waals surface area contributed by atoms with Crippen molar-refractivity contribution in [3.8, 4) is 0 Å². The highest BCUT2D eigenvalue weighted by molar-refractivity contribution is 5.80. The number of esters is 1. The van der Waals surface area contributed by atoms with Crippen LogP contribution < -0.4 is 0 Å². The molecule has 0 radical (unpaired) electrons. The van der Waals surface area contributed by atoms with Gasteiger partial charge in [0.05, 0.1) is 5.41 Å². The van der Waals surface area contributed by atoms with Gasteiger partial charge in [0, 0.05) is 6.42 Å². The van der Waals surface area contributed by atoms with Gasteiger partial charge >= 0.3 is 5.97 Å². The summed E-state index contributed by atoms with van der Waals surface area (Å²) in [6.07, 6.45) is 3.00. The van der Waals surface area contributed by atoms with Crippen molar-refractivity contribution in [1.82, 2.24) is 0 Å². The minimum atomic E-state index is -0.130. The van der Waals surface area contributed by atoms with E-state index in [0.717, 1.165) is 19.3 Å². The first kappa shape index (κ1) is 6.20. The first-order chi connectivity index (χ1) is 4.54. The minimum absolute atomic E-state index is 0.0150. The lowest BCUT2D eigenvalue weighted by Crippen LogP contribution is -2.27. The molecule has 1 saturated carbocycles. The van der Waals surface area contributed by atoms with Crippen LogP contribution in [-0.4, -0.2) is 11.6 Å². The minimum Gasteiger partial charge on any atom is -0.459 e. The van der Waals surface area contributed by atoms with Crippen LogP contribution in [0.3, 0.4) is 0 Å². The van der Waals surface area contributed by atoms with Crippen molar-refractivity contribution in [3.63, 3.8) is 0 Å². The molecule has 2 unspecified atom stereocenters. The summed E-state index contributed by atoms with van der Waals surface area (Å²) in [4.78, 5) is 11.1. The quantitative estimate of drug-likeness (QED) is 0.476. The largest absolute Gasteiger partial charge is 0.459 e. The number of hydrogen-bond acceptors (Lipinski definition) is 2. The van der Waals surface area contributed by atoms with E-state index in [1.807, 2.05) is 13.8 Å². The van der Waals surface area contributed by atoms with Crippen molar-refractivity contribution in [2.75, 3.05) is 0 Å². The lowest BCUT2D eigenvalue weighted by atomic mass is 9.90. The Labute approximate surface area is 60.6 Å². The number of fused-ring (bicyclic) bond motifs is 2. The highest BCUT2D eigenvalue weighted by Crippen LogP contribution is 2.52. The number of rotatable bonds is 0. The predicted molar refractivity (Wildman–Crippen MR) is 36.5 cm³/mol. The second kappa shape index (κ2) is 1.39. The van der Waals surface area contributed by atoms with Gasteiger partial charge in [-0.3, -0.25) is 4.79 Å². The molecule has 2 fully saturated rings. The van der Waals surface area contributed by atoms with Gasteiger partial charge in [0.25, 0.3) is 0 Å². The summed E-state index contributed by atoms with van der Waals surface area (Å²) in [5.74, 6) is 0.0150. The third-order valence-electron chi connectivity index (χ3n) is 2.80. The van der Waals surface area contributed by atoms with Crippen LogP contribution in [0.1, 0.15) is 33.1 Å². The van der Waals surface area contributed by atoms with Crippen LogP contribution in [0.15, 0.2) is 0 Å². The molecular weight excluding hydrogens is 128 g/mol. The predicted octanol–water partition coefficient (Wildman–Crippen LogP) is 1.49. The number of hydrogen-bond donors (Lipinski definition) is 0. The lowest BCUT2D eigenvalue weighted by Gasteiger charge is -2.22. The van der Waals surface area contributed by atoms with Crippen molar-refractivity contribution >= 4 is 5.97 Å². The topological polar surface area (TPSA) is 26.3 Å². The molecule has 2 atom stereocenters. The molecule has 0 amide bonds. The van der Waals surface area contributed by atoms with Crippen LogP contribution in [-0.2, 0) is 9.53 Å². The zero-order valence-electron chi connectivity index (χ0n) is 6.44. The summed E-state index contributed by atoms with van der Waals surface area (Å²) in [6.45, 7) is 4.04. The molecule has 2 heteroatoms. The molecule has 10 heavy (non-hydrogen) atoms. The molecule has 0 N–H and O–H groups in total. The summed E-state index contributed by atoms with van der Waals surface area (Å²) in [7, 11) is 0.